The second-order valence-corrected chi connectivity index (χ2v) is 19.0. The van der Waals surface area contributed by atoms with Gasteiger partial charge >= 0.3 is 11.9 Å². The number of carboxylic acid groups (broad SMARTS) is 1. The van der Waals surface area contributed by atoms with Crippen LogP contribution in [0.15, 0.2) is 18.0 Å². The van der Waals surface area contributed by atoms with Crippen molar-refractivity contribution in [2.45, 2.75) is 125 Å². The molecule has 4 fully saturated rings. The van der Waals surface area contributed by atoms with E-state index < -0.39 is 34.2 Å². The van der Waals surface area contributed by atoms with Gasteiger partial charge in [0.2, 0.25) is 5.82 Å². The topological polar surface area (TPSA) is 139 Å². The Hall–Kier alpha value is -2.30. The lowest BCUT2D eigenvalue weighted by Gasteiger charge is -2.71. The maximum Gasteiger partial charge on any atom is 0.375 e. The standard InChI is InChI=1S/C40H64N4O6/c1-23(2)25(5)35(6)16-17-37(8)26-12-13-29-36(7)19-49-21-40(29,27(26)14-15-38(37,9)30(35)33(45)46)18-28(31(36)50-20-39(10,41)24(3)4)44-32(34(47)48-11)42-22-43-44/h14,22-26,28-31H,12-13,15-21,41H2,1-11H3,(H,45,46)/t25-,26+,28-,29+,30-,31+,35-,36-,37-,38+,39+,40+/m1/s1. The smallest absolute Gasteiger partial charge is 0.375 e. The summed E-state index contributed by atoms with van der Waals surface area (Å²) in [5.41, 5.74) is 6.04. The first-order valence-electron chi connectivity index (χ1n) is 19.1. The first kappa shape index (κ1) is 37.5. The van der Waals surface area contributed by atoms with E-state index in [0.29, 0.717) is 32.2 Å². The molecule has 0 unspecified atom stereocenters. The number of carbonyl (C=O) groups is 2. The lowest BCUT2D eigenvalue weighted by atomic mass is 9.34. The highest BCUT2D eigenvalue weighted by molar-refractivity contribution is 5.85. The fraction of sp³-hybridized carbons (Fsp3) is 0.850. The van der Waals surface area contributed by atoms with E-state index in [1.165, 1.54) is 19.0 Å². The summed E-state index contributed by atoms with van der Waals surface area (Å²) in [5.74, 6) is -0.0790. The van der Waals surface area contributed by atoms with E-state index in [1.807, 2.05) is 6.92 Å². The zero-order valence-electron chi connectivity index (χ0n) is 32.5. The van der Waals surface area contributed by atoms with Crippen LogP contribution in [0.25, 0.3) is 0 Å². The zero-order chi connectivity index (χ0) is 36.8. The Morgan fingerprint density at radius 2 is 1.80 bits per heavy atom. The molecule has 2 heterocycles. The largest absolute Gasteiger partial charge is 0.481 e. The van der Waals surface area contributed by atoms with Gasteiger partial charge in [-0.15, -0.1) is 0 Å². The van der Waals surface area contributed by atoms with Gasteiger partial charge < -0.3 is 25.1 Å². The molecule has 280 valence electrons. The van der Waals surface area contributed by atoms with Gasteiger partial charge in [0.15, 0.2) is 0 Å². The molecule has 3 saturated carbocycles. The van der Waals surface area contributed by atoms with Crippen molar-refractivity contribution in [3.05, 3.63) is 23.8 Å². The minimum atomic E-state index is -0.654. The molecule has 2 bridgehead atoms. The van der Waals surface area contributed by atoms with E-state index in [-0.39, 0.29) is 57.9 Å². The number of rotatable bonds is 9. The van der Waals surface area contributed by atoms with Gasteiger partial charge in [0.25, 0.3) is 0 Å². The van der Waals surface area contributed by atoms with Crippen LogP contribution in [0, 0.1) is 62.6 Å². The van der Waals surface area contributed by atoms with E-state index in [2.05, 4.69) is 78.5 Å². The third kappa shape index (κ3) is 5.11. The highest BCUT2D eigenvalue weighted by Crippen LogP contribution is 2.75. The zero-order valence-corrected chi connectivity index (χ0v) is 32.5. The molecule has 50 heavy (non-hydrogen) atoms. The lowest BCUT2D eigenvalue weighted by Crippen LogP contribution is -2.69. The molecule has 1 aliphatic heterocycles. The number of esters is 1. The average molecular weight is 697 g/mol. The highest BCUT2D eigenvalue weighted by Gasteiger charge is 2.72. The van der Waals surface area contributed by atoms with Gasteiger partial charge in [-0.3, -0.25) is 4.79 Å². The lowest BCUT2D eigenvalue weighted by molar-refractivity contribution is -0.252. The van der Waals surface area contributed by atoms with E-state index in [1.54, 1.807) is 4.68 Å². The van der Waals surface area contributed by atoms with Gasteiger partial charge in [0.1, 0.15) is 6.33 Å². The van der Waals surface area contributed by atoms with Crippen molar-refractivity contribution in [3.8, 4) is 0 Å². The average Bonchev–Trinajstić information content (AvgIpc) is 3.53. The molecular weight excluding hydrogens is 632 g/mol. The summed E-state index contributed by atoms with van der Waals surface area (Å²) in [6, 6.07) is -0.311. The second-order valence-electron chi connectivity index (χ2n) is 19.0. The molecule has 6 rings (SSSR count). The van der Waals surface area contributed by atoms with Gasteiger partial charge in [-0.2, -0.15) is 5.10 Å². The predicted molar refractivity (Wildman–Crippen MR) is 191 cm³/mol. The van der Waals surface area contributed by atoms with Crippen molar-refractivity contribution in [1.29, 1.82) is 0 Å². The van der Waals surface area contributed by atoms with Crippen molar-refractivity contribution in [1.82, 2.24) is 14.8 Å². The molecule has 1 saturated heterocycles. The fourth-order valence-electron chi connectivity index (χ4n) is 12.3. The monoisotopic (exact) mass is 696 g/mol. The van der Waals surface area contributed by atoms with Crippen LogP contribution in [-0.2, 0) is 19.0 Å². The third-order valence-electron chi connectivity index (χ3n) is 16.2. The molecule has 10 heteroatoms. The van der Waals surface area contributed by atoms with Crippen molar-refractivity contribution in [2.75, 3.05) is 26.9 Å². The highest BCUT2D eigenvalue weighted by atomic mass is 16.5. The van der Waals surface area contributed by atoms with Crippen molar-refractivity contribution in [3.63, 3.8) is 0 Å². The maximum absolute atomic E-state index is 13.5. The van der Waals surface area contributed by atoms with Gasteiger partial charge in [0, 0.05) is 16.4 Å². The number of aliphatic carboxylic acids is 1. The summed E-state index contributed by atoms with van der Waals surface area (Å²) in [7, 11) is 1.37. The van der Waals surface area contributed by atoms with Gasteiger partial charge in [-0.25, -0.2) is 14.5 Å². The Morgan fingerprint density at radius 1 is 1.10 bits per heavy atom. The summed E-state index contributed by atoms with van der Waals surface area (Å²) in [6.07, 6.45) is 8.86. The summed E-state index contributed by atoms with van der Waals surface area (Å²) in [6.45, 7) is 23.7. The Labute approximate surface area is 299 Å². The molecule has 1 aromatic rings. The molecule has 0 radical (unpaired) electrons. The molecule has 3 N–H and O–H groups in total. The van der Waals surface area contributed by atoms with Crippen LogP contribution in [-0.4, -0.2) is 70.4 Å². The van der Waals surface area contributed by atoms with Crippen LogP contribution in [0.3, 0.4) is 0 Å². The van der Waals surface area contributed by atoms with Crippen LogP contribution in [0.4, 0.5) is 0 Å². The number of aromatic nitrogens is 3. The molecular formula is C40H64N4O6. The van der Waals surface area contributed by atoms with E-state index in [9.17, 15) is 14.7 Å². The summed E-state index contributed by atoms with van der Waals surface area (Å²) in [5, 5.41) is 15.7. The van der Waals surface area contributed by atoms with Crippen LogP contribution in [0.1, 0.15) is 124 Å². The van der Waals surface area contributed by atoms with Crippen LogP contribution in [0.2, 0.25) is 0 Å². The van der Waals surface area contributed by atoms with Crippen molar-refractivity contribution >= 4 is 11.9 Å². The first-order valence-corrected chi connectivity index (χ1v) is 19.1. The van der Waals surface area contributed by atoms with Gasteiger partial charge in [0.05, 0.1) is 45.0 Å². The number of hydrogen-bond donors (Lipinski definition) is 2. The summed E-state index contributed by atoms with van der Waals surface area (Å²) < 4.78 is 20.6. The molecule has 4 aliphatic carbocycles. The quantitative estimate of drug-likeness (QED) is 0.207. The Balaban J connectivity index is 1.48. The maximum atomic E-state index is 13.5. The Bertz CT molecular complexity index is 1520. The molecule has 1 aromatic heterocycles. The molecule has 0 amide bonds. The van der Waals surface area contributed by atoms with Crippen molar-refractivity contribution < 1.29 is 28.9 Å². The van der Waals surface area contributed by atoms with Crippen LogP contribution >= 0.6 is 0 Å². The molecule has 0 spiro atoms. The minimum absolute atomic E-state index is 0.169. The molecule has 10 nitrogen and oxygen atoms in total. The molecule has 0 aromatic carbocycles. The number of nitrogens with zero attached hydrogens (tertiary/aromatic N) is 3. The summed E-state index contributed by atoms with van der Waals surface area (Å²) >= 11 is 0. The van der Waals surface area contributed by atoms with Crippen LogP contribution in [0.5, 0.6) is 0 Å². The predicted octanol–water partition coefficient (Wildman–Crippen LogP) is 6.95. The number of methoxy groups -OCH3 is 1. The molecule has 12 atom stereocenters. The van der Waals surface area contributed by atoms with Gasteiger partial charge in [-0.05, 0) is 91.3 Å². The van der Waals surface area contributed by atoms with E-state index in [0.717, 1.165) is 32.1 Å². The third-order valence-corrected chi connectivity index (χ3v) is 16.2. The Kier molecular flexibility index (Phi) is 9.29. The number of nitrogens with two attached hydrogens (primary N) is 1. The second kappa shape index (κ2) is 12.4. The van der Waals surface area contributed by atoms with Crippen molar-refractivity contribution in [2.24, 2.45) is 68.3 Å². The van der Waals surface area contributed by atoms with Crippen LogP contribution < -0.4 is 5.73 Å². The van der Waals surface area contributed by atoms with E-state index in [4.69, 9.17) is 19.9 Å². The normalized spacial score (nSPS) is 42.8. The number of allylic oxidation sites excluding steroid dienone is 1. The minimum Gasteiger partial charge on any atom is -0.481 e. The van der Waals surface area contributed by atoms with E-state index >= 15 is 0 Å². The number of ether oxygens (including phenoxy) is 3. The first-order chi connectivity index (χ1) is 23.2. The SMILES string of the molecule is COC(=O)c1ncnn1[C@@H]1C[C@@]23COC[C@](C)([C@@H]2CC[C@H]2C3=CC[C@@]3(C)[C@H](C(=O)O)[C@@](C)([C@H](C)C(C)C)CC[C@]23C)[C@H]1OC[C@](C)(N)C(C)C. The number of hydrogen-bond acceptors (Lipinski definition) is 8. The Morgan fingerprint density at radius 3 is 2.42 bits per heavy atom. The number of carbonyl (C=O) groups excluding carboxylic acids is 1. The number of carboxylic acids is 1. The number of fused-ring (bicyclic) bond motifs is 3. The summed E-state index contributed by atoms with van der Waals surface area (Å²) in [4.78, 5) is 30.9. The fourth-order valence-corrected chi connectivity index (χ4v) is 12.3. The van der Waals surface area contributed by atoms with Gasteiger partial charge in [-0.1, -0.05) is 74.0 Å². The molecule has 5 aliphatic rings.